The summed E-state index contributed by atoms with van der Waals surface area (Å²) in [5.74, 6) is -1.93. The highest BCUT2D eigenvalue weighted by Gasteiger charge is 2.34. The summed E-state index contributed by atoms with van der Waals surface area (Å²) >= 11 is 5.91. The molecule has 0 saturated carbocycles. The van der Waals surface area contributed by atoms with Gasteiger partial charge in [-0.05, 0) is 37.6 Å². The SMILES string of the molecule is CC[C@@H](C)NC(=O)C(=O)Nc1c2c(nn1-c1ccc(Cl)cc1)CS(=O)(=O)C2. The van der Waals surface area contributed by atoms with Crippen molar-refractivity contribution in [1.29, 1.82) is 0 Å². The molecule has 0 unspecified atom stereocenters. The van der Waals surface area contributed by atoms with Gasteiger partial charge in [-0.3, -0.25) is 9.59 Å². The molecular weight excluding hydrogens is 392 g/mol. The van der Waals surface area contributed by atoms with Gasteiger partial charge in [0.05, 0.1) is 22.9 Å². The maximum Gasteiger partial charge on any atom is 0.314 e. The molecule has 2 amide bonds. The first-order valence-corrected chi connectivity index (χ1v) is 10.6. The van der Waals surface area contributed by atoms with Crippen molar-refractivity contribution in [1.82, 2.24) is 15.1 Å². The zero-order chi connectivity index (χ0) is 19.8. The lowest BCUT2D eigenvalue weighted by Gasteiger charge is -2.13. The van der Waals surface area contributed by atoms with Gasteiger partial charge in [-0.2, -0.15) is 5.10 Å². The number of fused-ring (bicyclic) bond motifs is 1. The summed E-state index contributed by atoms with van der Waals surface area (Å²) in [6, 6.07) is 6.53. The summed E-state index contributed by atoms with van der Waals surface area (Å²) in [7, 11) is -3.32. The van der Waals surface area contributed by atoms with E-state index in [1.165, 1.54) is 4.68 Å². The predicted molar refractivity (Wildman–Crippen MR) is 101 cm³/mol. The lowest BCUT2D eigenvalue weighted by atomic mass is 10.2. The van der Waals surface area contributed by atoms with Gasteiger partial charge >= 0.3 is 11.8 Å². The molecule has 0 saturated heterocycles. The number of rotatable bonds is 4. The van der Waals surface area contributed by atoms with E-state index in [9.17, 15) is 18.0 Å². The van der Waals surface area contributed by atoms with Gasteiger partial charge in [0, 0.05) is 16.6 Å². The van der Waals surface area contributed by atoms with Crippen LogP contribution in [0.5, 0.6) is 0 Å². The molecule has 3 rings (SSSR count). The van der Waals surface area contributed by atoms with E-state index in [1.54, 1.807) is 31.2 Å². The predicted octanol–water partition coefficient (Wildman–Crippen LogP) is 1.81. The Morgan fingerprint density at radius 2 is 1.89 bits per heavy atom. The van der Waals surface area contributed by atoms with Gasteiger partial charge in [-0.15, -0.1) is 0 Å². The minimum absolute atomic E-state index is 0.157. The summed E-state index contributed by atoms with van der Waals surface area (Å²) in [4.78, 5) is 24.4. The van der Waals surface area contributed by atoms with E-state index in [0.29, 0.717) is 28.4 Å². The first-order chi connectivity index (χ1) is 12.7. The van der Waals surface area contributed by atoms with Crippen LogP contribution in [-0.4, -0.2) is 36.1 Å². The fraction of sp³-hybridized carbons (Fsp3) is 0.353. The van der Waals surface area contributed by atoms with Crippen molar-refractivity contribution in [2.45, 2.75) is 37.8 Å². The third-order valence-corrected chi connectivity index (χ3v) is 5.98. The third kappa shape index (κ3) is 4.14. The quantitative estimate of drug-likeness (QED) is 0.747. The fourth-order valence-corrected chi connectivity index (χ4v) is 4.32. The van der Waals surface area contributed by atoms with Crippen LogP contribution in [0.25, 0.3) is 5.69 Å². The Morgan fingerprint density at radius 1 is 1.22 bits per heavy atom. The molecule has 1 aromatic heterocycles. The van der Waals surface area contributed by atoms with Crippen LogP contribution < -0.4 is 10.6 Å². The van der Waals surface area contributed by atoms with E-state index in [2.05, 4.69) is 15.7 Å². The minimum atomic E-state index is -3.32. The largest absolute Gasteiger partial charge is 0.345 e. The lowest BCUT2D eigenvalue weighted by Crippen LogP contribution is -2.40. The molecule has 2 N–H and O–H groups in total. The second kappa shape index (κ2) is 7.32. The Hall–Kier alpha value is -2.39. The van der Waals surface area contributed by atoms with Crippen molar-refractivity contribution in [3.8, 4) is 5.69 Å². The van der Waals surface area contributed by atoms with Crippen molar-refractivity contribution in [2.75, 3.05) is 5.32 Å². The number of carbonyl (C=O) groups is 2. The molecule has 0 radical (unpaired) electrons. The molecule has 0 bridgehead atoms. The van der Waals surface area contributed by atoms with E-state index in [1.807, 2.05) is 6.92 Å². The lowest BCUT2D eigenvalue weighted by molar-refractivity contribution is -0.136. The summed E-state index contributed by atoms with van der Waals surface area (Å²) in [6.45, 7) is 3.67. The number of hydrogen-bond donors (Lipinski definition) is 2. The van der Waals surface area contributed by atoms with Crippen molar-refractivity contribution < 1.29 is 18.0 Å². The second-order valence-corrected chi connectivity index (χ2v) is 8.93. The fourth-order valence-electron chi connectivity index (χ4n) is 2.70. The maximum atomic E-state index is 12.3. The van der Waals surface area contributed by atoms with E-state index < -0.39 is 21.7 Å². The number of nitrogens with zero attached hydrogens (tertiary/aromatic N) is 2. The van der Waals surface area contributed by atoms with Crippen LogP contribution in [0, 0.1) is 0 Å². The number of anilines is 1. The zero-order valence-corrected chi connectivity index (χ0v) is 16.4. The standard InChI is InChI=1S/C17H19ClN4O4S/c1-3-10(2)19-16(23)17(24)20-15-13-8-27(25,26)9-14(13)21-22(15)12-6-4-11(18)5-7-12/h4-7,10H,3,8-9H2,1-2H3,(H,19,23)(H,20,24)/t10-/m1/s1. The van der Waals surface area contributed by atoms with E-state index in [-0.39, 0.29) is 23.4 Å². The van der Waals surface area contributed by atoms with Crippen molar-refractivity contribution >= 4 is 39.1 Å². The second-order valence-electron chi connectivity index (χ2n) is 6.43. The van der Waals surface area contributed by atoms with Crippen LogP contribution in [0.15, 0.2) is 24.3 Å². The van der Waals surface area contributed by atoms with Gasteiger partial charge in [0.15, 0.2) is 9.84 Å². The van der Waals surface area contributed by atoms with E-state index in [4.69, 9.17) is 11.6 Å². The average Bonchev–Trinajstić information content (AvgIpc) is 3.08. The van der Waals surface area contributed by atoms with Crippen molar-refractivity contribution in [3.63, 3.8) is 0 Å². The molecule has 1 atom stereocenters. The summed E-state index contributed by atoms with van der Waals surface area (Å²) in [5, 5.41) is 9.95. The molecule has 1 aliphatic rings. The Labute approximate surface area is 161 Å². The normalized spacial score (nSPS) is 15.8. The molecule has 1 aromatic carbocycles. The Morgan fingerprint density at radius 3 is 2.52 bits per heavy atom. The Bertz CT molecular complexity index is 999. The molecular formula is C17H19ClN4O4S. The van der Waals surface area contributed by atoms with Crippen LogP contribution in [0.1, 0.15) is 31.5 Å². The van der Waals surface area contributed by atoms with Gasteiger partial charge in [0.2, 0.25) is 0 Å². The smallest absolute Gasteiger partial charge is 0.314 e. The first-order valence-electron chi connectivity index (χ1n) is 8.39. The van der Waals surface area contributed by atoms with Gasteiger partial charge in [0.25, 0.3) is 0 Å². The number of amides is 2. The zero-order valence-electron chi connectivity index (χ0n) is 14.8. The van der Waals surface area contributed by atoms with Gasteiger partial charge in [0.1, 0.15) is 5.82 Å². The van der Waals surface area contributed by atoms with E-state index in [0.717, 1.165) is 0 Å². The highest BCUT2D eigenvalue weighted by atomic mass is 35.5. The van der Waals surface area contributed by atoms with Crippen LogP contribution in [0.4, 0.5) is 5.82 Å². The van der Waals surface area contributed by atoms with Crippen molar-refractivity contribution in [3.05, 3.63) is 40.5 Å². The van der Waals surface area contributed by atoms with Gasteiger partial charge < -0.3 is 10.6 Å². The molecule has 0 aliphatic carbocycles. The molecule has 2 aromatic rings. The van der Waals surface area contributed by atoms with Crippen LogP contribution in [0.3, 0.4) is 0 Å². The Balaban J connectivity index is 1.96. The van der Waals surface area contributed by atoms with Crippen LogP contribution in [0.2, 0.25) is 5.02 Å². The highest BCUT2D eigenvalue weighted by Crippen LogP contribution is 2.33. The summed E-state index contributed by atoms with van der Waals surface area (Å²) < 4.78 is 25.3. The van der Waals surface area contributed by atoms with E-state index >= 15 is 0 Å². The topological polar surface area (TPSA) is 110 Å². The molecule has 10 heteroatoms. The number of nitrogens with one attached hydrogen (secondary N) is 2. The number of sulfone groups is 1. The number of aromatic nitrogens is 2. The number of carbonyl (C=O) groups excluding carboxylic acids is 2. The van der Waals surface area contributed by atoms with Gasteiger partial charge in [-0.25, -0.2) is 13.1 Å². The molecule has 144 valence electrons. The molecule has 27 heavy (non-hydrogen) atoms. The van der Waals surface area contributed by atoms with Gasteiger partial charge in [-0.1, -0.05) is 18.5 Å². The summed E-state index contributed by atoms with van der Waals surface area (Å²) in [5.41, 5.74) is 1.35. The number of hydrogen-bond acceptors (Lipinski definition) is 5. The number of benzene rings is 1. The molecule has 0 fully saturated rings. The maximum absolute atomic E-state index is 12.3. The third-order valence-electron chi connectivity index (χ3n) is 4.29. The van der Waals surface area contributed by atoms with Crippen LogP contribution >= 0.6 is 11.6 Å². The molecule has 8 nitrogen and oxygen atoms in total. The minimum Gasteiger partial charge on any atom is -0.345 e. The molecule has 2 heterocycles. The average molecular weight is 411 g/mol. The first kappa shape index (κ1) is 19.4. The number of halogens is 1. The molecule has 0 spiro atoms. The van der Waals surface area contributed by atoms with Crippen molar-refractivity contribution in [2.24, 2.45) is 0 Å². The molecule has 1 aliphatic heterocycles. The monoisotopic (exact) mass is 410 g/mol. The highest BCUT2D eigenvalue weighted by molar-refractivity contribution is 7.90. The van der Waals surface area contributed by atoms with Crippen LogP contribution in [-0.2, 0) is 30.9 Å². The summed E-state index contributed by atoms with van der Waals surface area (Å²) in [6.07, 6.45) is 0.676. The Kier molecular flexibility index (Phi) is 5.25.